The van der Waals surface area contributed by atoms with Gasteiger partial charge in [0, 0.05) is 35.1 Å². The molecule has 0 radical (unpaired) electrons. The molecule has 8 heteroatoms. The molecule has 2 amide bonds. The van der Waals surface area contributed by atoms with Crippen LogP contribution >= 0.6 is 15.9 Å². The lowest BCUT2D eigenvalue weighted by Crippen LogP contribution is -2.28. The summed E-state index contributed by atoms with van der Waals surface area (Å²) in [5.74, 6) is -0.908. The van der Waals surface area contributed by atoms with Crippen LogP contribution in [0, 0.1) is 5.92 Å². The lowest BCUT2D eigenvalue weighted by atomic mass is 10.1. The standard InChI is InChI=1S/C18H17BrN2O4S/c1-26(24,25)16-4-2-3-14(10-16)20-18(23)12-9-17(22)21(11-12)15-7-5-13(19)6-8-15/h2-8,10,12H,9,11H2,1H3,(H,20,23). The number of carbonyl (C=O) groups is 2. The first-order chi connectivity index (χ1) is 12.2. The van der Waals surface area contributed by atoms with Crippen LogP contribution in [0.15, 0.2) is 57.9 Å². The molecule has 1 fully saturated rings. The zero-order valence-electron chi connectivity index (χ0n) is 14.0. The van der Waals surface area contributed by atoms with Crippen LogP contribution in [0.1, 0.15) is 6.42 Å². The van der Waals surface area contributed by atoms with Crippen LogP contribution in [0.3, 0.4) is 0 Å². The summed E-state index contributed by atoms with van der Waals surface area (Å²) in [5.41, 5.74) is 1.14. The Kier molecular flexibility index (Phi) is 5.15. The third-order valence-electron chi connectivity index (χ3n) is 4.16. The molecule has 26 heavy (non-hydrogen) atoms. The monoisotopic (exact) mass is 436 g/mol. The Morgan fingerprint density at radius 2 is 1.88 bits per heavy atom. The molecule has 1 saturated heterocycles. The van der Waals surface area contributed by atoms with E-state index in [1.54, 1.807) is 17.0 Å². The number of nitrogens with one attached hydrogen (secondary N) is 1. The molecule has 0 saturated carbocycles. The van der Waals surface area contributed by atoms with Crippen molar-refractivity contribution in [3.63, 3.8) is 0 Å². The summed E-state index contributed by atoms with van der Waals surface area (Å²) in [6.45, 7) is 0.290. The molecule has 6 nitrogen and oxygen atoms in total. The van der Waals surface area contributed by atoms with Gasteiger partial charge in [-0.3, -0.25) is 9.59 Å². The molecule has 3 rings (SSSR count). The predicted molar refractivity (Wildman–Crippen MR) is 103 cm³/mol. The van der Waals surface area contributed by atoms with E-state index in [1.165, 1.54) is 12.1 Å². The number of halogens is 1. The van der Waals surface area contributed by atoms with Crippen molar-refractivity contribution >= 4 is 49.0 Å². The van der Waals surface area contributed by atoms with Crippen LogP contribution < -0.4 is 10.2 Å². The third-order valence-corrected chi connectivity index (χ3v) is 5.80. The van der Waals surface area contributed by atoms with Crippen LogP contribution in [0.25, 0.3) is 0 Å². The molecule has 0 bridgehead atoms. The SMILES string of the molecule is CS(=O)(=O)c1cccc(NC(=O)C2CC(=O)N(c3ccc(Br)cc3)C2)c1. The molecule has 0 aliphatic carbocycles. The Hall–Kier alpha value is -2.19. The number of sulfone groups is 1. The van der Waals surface area contributed by atoms with Gasteiger partial charge in [-0.25, -0.2) is 8.42 Å². The maximum absolute atomic E-state index is 12.5. The number of benzene rings is 2. The second-order valence-corrected chi connectivity index (χ2v) is 9.10. The van der Waals surface area contributed by atoms with Crippen LogP contribution in [0.2, 0.25) is 0 Å². The van der Waals surface area contributed by atoms with Gasteiger partial charge in [0.05, 0.1) is 10.8 Å². The summed E-state index contributed by atoms with van der Waals surface area (Å²) in [4.78, 5) is 26.5. The van der Waals surface area contributed by atoms with Gasteiger partial charge in [-0.1, -0.05) is 22.0 Å². The average Bonchev–Trinajstić information content (AvgIpc) is 2.97. The van der Waals surface area contributed by atoms with Gasteiger partial charge in [-0.2, -0.15) is 0 Å². The van der Waals surface area contributed by atoms with E-state index in [9.17, 15) is 18.0 Å². The highest BCUT2D eigenvalue weighted by Gasteiger charge is 2.35. The number of carbonyl (C=O) groups excluding carboxylic acids is 2. The number of hydrogen-bond donors (Lipinski definition) is 1. The molecular formula is C18H17BrN2O4S. The fourth-order valence-corrected chi connectivity index (χ4v) is 3.73. The summed E-state index contributed by atoms with van der Waals surface area (Å²) < 4.78 is 24.2. The van der Waals surface area contributed by atoms with Crippen LogP contribution in [0.5, 0.6) is 0 Å². The third kappa shape index (κ3) is 4.13. The molecule has 0 aromatic heterocycles. The first-order valence-electron chi connectivity index (χ1n) is 7.91. The number of hydrogen-bond acceptors (Lipinski definition) is 4. The molecule has 0 spiro atoms. The topological polar surface area (TPSA) is 83.5 Å². The quantitative estimate of drug-likeness (QED) is 0.798. The fourth-order valence-electron chi connectivity index (χ4n) is 2.80. The summed E-state index contributed by atoms with van der Waals surface area (Å²) in [7, 11) is -3.35. The smallest absolute Gasteiger partial charge is 0.229 e. The van der Waals surface area contributed by atoms with Crippen molar-refractivity contribution in [1.82, 2.24) is 0 Å². The molecule has 2 aromatic carbocycles. The number of rotatable bonds is 4. The minimum Gasteiger partial charge on any atom is -0.326 e. The van der Waals surface area contributed by atoms with Gasteiger partial charge in [0.25, 0.3) is 0 Å². The van der Waals surface area contributed by atoms with Crippen molar-refractivity contribution in [2.24, 2.45) is 5.92 Å². The normalized spacial score (nSPS) is 17.4. The maximum atomic E-state index is 12.5. The number of anilines is 2. The Bertz CT molecular complexity index is 957. The lowest BCUT2D eigenvalue weighted by molar-refractivity contribution is -0.122. The minimum atomic E-state index is -3.35. The van der Waals surface area contributed by atoms with Gasteiger partial charge in [-0.15, -0.1) is 0 Å². The van der Waals surface area contributed by atoms with Crippen molar-refractivity contribution in [3.05, 3.63) is 53.0 Å². The van der Waals surface area contributed by atoms with Crippen LogP contribution in [-0.4, -0.2) is 33.0 Å². The fraction of sp³-hybridized carbons (Fsp3) is 0.222. The Labute approximate surface area is 160 Å². The molecule has 1 atom stereocenters. The minimum absolute atomic E-state index is 0.114. The van der Waals surface area contributed by atoms with Crippen molar-refractivity contribution < 1.29 is 18.0 Å². The van der Waals surface area contributed by atoms with E-state index in [4.69, 9.17) is 0 Å². The second kappa shape index (κ2) is 7.20. The molecule has 1 aliphatic heterocycles. The Morgan fingerprint density at radius 3 is 2.54 bits per heavy atom. The average molecular weight is 437 g/mol. The first-order valence-corrected chi connectivity index (χ1v) is 10.6. The predicted octanol–water partition coefficient (Wildman–Crippen LogP) is 2.84. The molecule has 1 N–H and O–H groups in total. The van der Waals surface area contributed by atoms with Gasteiger partial charge in [0.15, 0.2) is 9.84 Å². The largest absolute Gasteiger partial charge is 0.326 e. The summed E-state index contributed by atoms with van der Waals surface area (Å²) in [6.07, 6.45) is 1.23. The second-order valence-electron chi connectivity index (χ2n) is 6.17. The highest BCUT2D eigenvalue weighted by Crippen LogP contribution is 2.27. The van der Waals surface area contributed by atoms with Crippen molar-refractivity contribution in [2.75, 3.05) is 23.0 Å². The van der Waals surface area contributed by atoms with Crippen LogP contribution in [-0.2, 0) is 19.4 Å². The van der Waals surface area contributed by atoms with E-state index in [-0.39, 0.29) is 29.7 Å². The van der Waals surface area contributed by atoms with Gasteiger partial charge >= 0.3 is 0 Å². The van der Waals surface area contributed by atoms with E-state index >= 15 is 0 Å². The first kappa shape index (κ1) is 18.6. The highest BCUT2D eigenvalue weighted by molar-refractivity contribution is 9.10. The van der Waals surface area contributed by atoms with Crippen molar-refractivity contribution in [3.8, 4) is 0 Å². The zero-order chi connectivity index (χ0) is 18.9. The van der Waals surface area contributed by atoms with Crippen molar-refractivity contribution in [2.45, 2.75) is 11.3 Å². The molecule has 1 unspecified atom stereocenters. The van der Waals surface area contributed by atoms with Crippen molar-refractivity contribution in [1.29, 1.82) is 0 Å². The molecule has 1 aliphatic rings. The molecule has 1 heterocycles. The van der Waals surface area contributed by atoms with E-state index in [0.717, 1.165) is 16.4 Å². The van der Waals surface area contributed by atoms with Gasteiger partial charge in [0.2, 0.25) is 11.8 Å². The highest BCUT2D eigenvalue weighted by atomic mass is 79.9. The van der Waals surface area contributed by atoms with Gasteiger partial charge in [-0.05, 0) is 42.5 Å². The molecular weight excluding hydrogens is 420 g/mol. The summed E-state index contributed by atoms with van der Waals surface area (Å²) in [5, 5.41) is 2.71. The van der Waals surface area contributed by atoms with E-state index in [0.29, 0.717) is 5.69 Å². The van der Waals surface area contributed by atoms with E-state index in [1.807, 2.05) is 24.3 Å². The van der Waals surface area contributed by atoms with E-state index < -0.39 is 15.8 Å². The number of amides is 2. The Balaban J connectivity index is 1.71. The lowest BCUT2D eigenvalue weighted by Gasteiger charge is -2.17. The zero-order valence-corrected chi connectivity index (χ0v) is 16.4. The summed E-state index contributed by atoms with van der Waals surface area (Å²) in [6, 6.07) is 13.4. The van der Waals surface area contributed by atoms with Gasteiger partial charge in [0.1, 0.15) is 0 Å². The van der Waals surface area contributed by atoms with Crippen LogP contribution in [0.4, 0.5) is 11.4 Å². The Morgan fingerprint density at radius 1 is 1.19 bits per heavy atom. The maximum Gasteiger partial charge on any atom is 0.229 e. The van der Waals surface area contributed by atoms with E-state index in [2.05, 4.69) is 21.2 Å². The molecule has 2 aromatic rings. The molecule has 136 valence electrons. The number of nitrogens with zero attached hydrogens (tertiary/aromatic N) is 1. The summed E-state index contributed by atoms with van der Waals surface area (Å²) >= 11 is 3.35. The van der Waals surface area contributed by atoms with Gasteiger partial charge < -0.3 is 10.2 Å².